The topological polar surface area (TPSA) is 0 Å². The summed E-state index contributed by atoms with van der Waals surface area (Å²) in [7, 11) is 0. The lowest BCUT2D eigenvalue weighted by Crippen LogP contribution is -1.72. The predicted octanol–water partition coefficient (Wildman–Crippen LogP) is 2.15. The van der Waals surface area contributed by atoms with E-state index in [1.807, 2.05) is 13.3 Å². The van der Waals surface area contributed by atoms with Crippen molar-refractivity contribution in [2.75, 3.05) is 0 Å². The first-order valence-electron chi connectivity index (χ1n) is 2.28. The number of allylic oxidation sites excluding steroid dienone is 2. The van der Waals surface area contributed by atoms with Crippen LogP contribution < -0.4 is 0 Å². The molecule has 0 aliphatic carbocycles. The van der Waals surface area contributed by atoms with Crippen LogP contribution in [0.4, 0.5) is 0 Å². The molecule has 7 heavy (non-hydrogen) atoms. The third-order valence-corrected chi connectivity index (χ3v) is 0.760. The molecule has 0 saturated heterocycles. The van der Waals surface area contributed by atoms with E-state index in [0.717, 1.165) is 12.0 Å². The lowest BCUT2D eigenvalue weighted by molar-refractivity contribution is 1.20. The van der Waals surface area contributed by atoms with Gasteiger partial charge in [-0.05, 0) is 18.9 Å². The van der Waals surface area contributed by atoms with Crippen LogP contribution in [-0.2, 0) is 0 Å². The van der Waals surface area contributed by atoms with Crippen LogP contribution in [0.25, 0.3) is 0 Å². The standard InChI is InChI=1S/C7H10/c1-4-6-7(3)5-2/h5H,1,3,6H2,2H3. The van der Waals surface area contributed by atoms with Gasteiger partial charge in [-0.3, -0.25) is 0 Å². The van der Waals surface area contributed by atoms with Crippen LogP contribution in [0.5, 0.6) is 0 Å². The highest BCUT2D eigenvalue weighted by Gasteiger charge is 1.81. The molecule has 0 rings (SSSR count). The van der Waals surface area contributed by atoms with Crippen LogP contribution in [0.2, 0.25) is 0 Å². The molecular formula is C7H10. The summed E-state index contributed by atoms with van der Waals surface area (Å²) in [5.74, 6) is 0. The minimum Gasteiger partial charge on any atom is -0.0992 e. The zero-order chi connectivity index (χ0) is 5.70. The second-order valence-electron chi connectivity index (χ2n) is 1.37. The van der Waals surface area contributed by atoms with E-state index in [4.69, 9.17) is 0 Å². The first-order valence-corrected chi connectivity index (χ1v) is 2.28. The second kappa shape index (κ2) is 3.66. The lowest BCUT2D eigenvalue weighted by Gasteiger charge is -1.89. The van der Waals surface area contributed by atoms with Crippen molar-refractivity contribution in [2.45, 2.75) is 13.3 Å². The molecule has 0 unspecified atom stereocenters. The molecule has 38 valence electrons. The molecule has 0 spiro atoms. The van der Waals surface area contributed by atoms with E-state index < -0.39 is 0 Å². The number of hydrogen-bond acceptors (Lipinski definition) is 0. The van der Waals surface area contributed by atoms with Crippen molar-refractivity contribution in [3.8, 4) is 0 Å². The molecule has 0 N–H and O–H groups in total. The molecule has 0 fully saturated rings. The summed E-state index contributed by atoms with van der Waals surface area (Å²) in [6.45, 7) is 9.11. The summed E-state index contributed by atoms with van der Waals surface area (Å²) >= 11 is 0. The lowest BCUT2D eigenvalue weighted by atomic mass is 10.2. The van der Waals surface area contributed by atoms with Gasteiger partial charge in [-0.25, -0.2) is 0 Å². The van der Waals surface area contributed by atoms with E-state index in [1.54, 1.807) is 0 Å². The van der Waals surface area contributed by atoms with E-state index in [9.17, 15) is 0 Å². The van der Waals surface area contributed by atoms with Crippen molar-refractivity contribution >= 4 is 0 Å². The first-order chi connectivity index (χ1) is 3.31. The van der Waals surface area contributed by atoms with Gasteiger partial charge in [0.15, 0.2) is 0 Å². The Balaban J connectivity index is 3.17. The van der Waals surface area contributed by atoms with Crippen molar-refractivity contribution < 1.29 is 0 Å². The quantitative estimate of drug-likeness (QED) is 0.502. The van der Waals surface area contributed by atoms with Gasteiger partial charge < -0.3 is 0 Å². The molecule has 0 heterocycles. The highest BCUT2D eigenvalue weighted by Crippen LogP contribution is 1.99. The zero-order valence-corrected chi connectivity index (χ0v) is 4.70. The smallest absolute Gasteiger partial charge is 0.00702 e. The molecule has 0 aliphatic heterocycles. The molecule has 0 amide bonds. The predicted molar refractivity (Wildman–Crippen MR) is 32.6 cm³/mol. The first kappa shape index (κ1) is 6.48. The van der Waals surface area contributed by atoms with E-state index in [2.05, 4.69) is 19.2 Å². The third kappa shape index (κ3) is 3.31. The minimum absolute atomic E-state index is 0.788. The molecule has 0 aromatic rings. The summed E-state index contributed by atoms with van der Waals surface area (Å²) in [4.78, 5) is 0. The molecule has 0 nitrogen and oxygen atoms in total. The van der Waals surface area contributed by atoms with Crippen molar-refractivity contribution in [3.63, 3.8) is 0 Å². The van der Waals surface area contributed by atoms with Crippen LogP contribution in [-0.4, -0.2) is 0 Å². The fourth-order valence-corrected chi connectivity index (χ4v) is 0.263. The van der Waals surface area contributed by atoms with Crippen molar-refractivity contribution in [2.24, 2.45) is 0 Å². The Bertz CT molecular complexity index is 70.1. The molecule has 0 aromatic heterocycles. The Morgan fingerprint density at radius 1 is 1.86 bits per heavy atom. The fourth-order valence-electron chi connectivity index (χ4n) is 0.263. The summed E-state index contributed by atoms with van der Waals surface area (Å²) in [5.41, 5.74) is 1.08. The molecule has 0 aliphatic rings. The molecular weight excluding hydrogens is 84.1 g/mol. The maximum absolute atomic E-state index is 3.70. The van der Waals surface area contributed by atoms with Gasteiger partial charge in [0.2, 0.25) is 0 Å². The Hall–Kier alpha value is -0.520. The highest BCUT2D eigenvalue weighted by atomic mass is 13.9. The summed E-state index contributed by atoms with van der Waals surface area (Å²) in [6, 6.07) is 0. The molecule has 0 atom stereocenters. The van der Waals surface area contributed by atoms with E-state index >= 15 is 0 Å². The van der Waals surface area contributed by atoms with Crippen LogP contribution in [0, 0.1) is 12.5 Å². The fraction of sp³-hybridized carbons (Fsp3) is 0.286. The Labute approximate surface area is 45.5 Å². The van der Waals surface area contributed by atoms with Gasteiger partial charge in [-0.2, -0.15) is 0 Å². The van der Waals surface area contributed by atoms with Gasteiger partial charge in [-0.1, -0.05) is 25.7 Å². The van der Waals surface area contributed by atoms with E-state index in [-0.39, 0.29) is 0 Å². The molecule has 0 bridgehead atoms. The Morgan fingerprint density at radius 2 is 2.43 bits per heavy atom. The highest BCUT2D eigenvalue weighted by molar-refractivity contribution is 5.07. The molecule has 2 radical (unpaired) electrons. The van der Waals surface area contributed by atoms with E-state index in [1.165, 1.54) is 0 Å². The Kier molecular flexibility index (Phi) is 3.39. The van der Waals surface area contributed by atoms with Crippen LogP contribution in [0.1, 0.15) is 13.3 Å². The largest absolute Gasteiger partial charge is 0.0992 e. The summed E-state index contributed by atoms with van der Waals surface area (Å²) in [6.07, 6.45) is 5.48. The van der Waals surface area contributed by atoms with E-state index in [0.29, 0.717) is 0 Å². The Morgan fingerprint density at radius 3 is 2.57 bits per heavy atom. The van der Waals surface area contributed by atoms with Crippen molar-refractivity contribution in [3.05, 3.63) is 31.2 Å². The average molecular weight is 94.2 g/mol. The van der Waals surface area contributed by atoms with Gasteiger partial charge in [0, 0.05) is 0 Å². The summed E-state index contributed by atoms with van der Waals surface area (Å²) < 4.78 is 0. The molecule has 0 saturated carbocycles. The maximum Gasteiger partial charge on any atom is -0.00702 e. The van der Waals surface area contributed by atoms with Crippen LogP contribution >= 0.6 is 0 Å². The van der Waals surface area contributed by atoms with Crippen LogP contribution in [0.15, 0.2) is 18.7 Å². The molecule has 0 heteroatoms. The SMILES string of the molecule is C=[C]CC(=C)[CH]C. The van der Waals surface area contributed by atoms with Gasteiger partial charge in [0.1, 0.15) is 0 Å². The summed E-state index contributed by atoms with van der Waals surface area (Å²) in [5, 5.41) is 0. The third-order valence-electron chi connectivity index (χ3n) is 0.760. The normalized spacial score (nSPS) is 8.14. The van der Waals surface area contributed by atoms with Gasteiger partial charge in [-0.15, -0.1) is 0 Å². The van der Waals surface area contributed by atoms with Crippen molar-refractivity contribution in [1.29, 1.82) is 0 Å². The second-order valence-corrected chi connectivity index (χ2v) is 1.37. The maximum atomic E-state index is 3.70. The number of rotatable bonds is 3. The van der Waals surface area contributed by atoms with Crippen LogP contribution in [0.3, 0.4) is 0 Å². The monoisotopic (exact) mass is 94.1 g/mol. The molecule has 0 aromatic carbocycles. The van der Waals surface area contributed by atoms with Gasteiger partial charge >= 0.3 is 0 Å². The van der Waals surface area contributed by atoms with Gasteiger partial charge in [0.25, 0.3) is 0 Å². The van der Waals surface area contributed by atoms with Gasteiger partial charge in [0.05, 0.1) is 0 Å². The average Bonchev–Trinajstić information content (AvgIpc) is 1.68. The number of hydrogen-bond donors (Lipinski definition) is 0. The minimum atomic E-state index is 0.788. The zero-order valence-electron chi connectivity index (χ0n) is 4.70. The van der Waals surface area contributed by atoms with Crippen molar-refractivity contribution in [1.82, 2.24) is 0 Å².